The van der Waals surface area contributed by atoms with Crippen LogP contribution in [0.5, 0.6) is 0 Å². The molecule has 1 saturated heterocycles. The van der Waals surface area contributed by atoms with Crippen LogP contribution in [0.4, 0.5) is 0 Å². The SMILES string of the molecule is NCC1CCc2cc(C(=O)NCC[C@@H]3C[C@@H](CC(=O)O)C(=O)N3CCCc3ccccc3)ccc2C1. The molecule has 1 aliphatic heterocycles. The first-order valence-electron chi connectivity index (χ1n) is 13.1. The van der Waals surface area contributed by atoms with E-state index >= 15 is 0 Å². The van der Waals surface area contributed by atoms with Gasteiger partial charge in [-0.3, -0.25) is 14.4 Å². The molecule has 1 fully saturated rings. The largest absolute Gasteiger partial charge is 0.481 e. The number of carbonyl (C=O) groups is 3. The van der Waals surface area contributed by atoms with Crippen LogP contribution < -0.4 is 11.1 Å². The van der Waals surface area contributed by atoms with Crippen molar-refractivity contribution >= 4 is 17.8 Å². The van der Waals surface area contributed by atoms with Gasteiger partial charge in [0, 0.05) is 24.7 Å². The van der Waals surface area contributed by atoms with Crippen molar-refractivity contribution in [2.45, 2.75) is 57.4 Å². The summed E-state index contributed by atoms with van der Waals surface area (Å²) in [5, 5.41) is 12.3. The molecule has 1 aliphatic carbocycles. The first-order valence-corrected chi connectivity index (χ1v) is 13.1. The zero-order valence-corrected chi connectivity index (χ0v) is 20.8. The lowest BCUT2D eigenvalue weighted by molar-refractivity contribution is -0.142. The van der Waals surface area contributed by atoms with E-state index < -0.39 is 11.9 Å². The molecule has 36 heavy (non-hydrogen) atoms. The molecule has 7 nitrogen and oxygen atoms in total. The van der Waals surface area contributed by atoms with Gasteiger partial charge >= 0.3 is 5.97 Å². The fraction of sp³-hybridized carbons (Fsp3) is 0.483. The van der Waals surface area contributed by atoms with Crippen LogP contribution in [0.2, 0.25) is 0 Å². The van der Waals surface area contributed by atoms with Gasteiger partial charge in [-0.15, -0.1) is 0 Å². The Labute approximate surface area is 213 Å². The number of nitrogens with two attached hydrogens (primary N) is 1. The summed E-state index contributed by atoms with van der Waals surface area (Å²) >= 11 is 0. The maximum absolute atomic E-state index is 13.0. The van der Waals surface area contributed by atoms with E-state index in [4.69, 9.17) is 5.73 Å². The molecule has 2 aliphatic rings. The molecule has 3 atom stereocenters. The lowest BCUT2D eigenvalue weighted by atomic mass is 9.83. The van der Waals surface area contributed by atoms with E-state index in [1.54, 1.807) is 0 Å². The van der Waals surface area contributed by atoms with E-state index in [0.717, 1.165) is 32.1 Å². The second-order valence-electron chi connectivity index (χ2n) is 10.2. The zero-order chi connectivity index (χ0) is 25.5. The van der Waals surface area contributed by atoms with E-state index in [0.29, 0.717) is 44.0 Å². The van der Waals surface area contributed by atoms with Gasteiger partial charge in [-0.1, -0.05) is 36.4 Å². The summed E-state index contributed by atoms with van der Waals surface area (Å²) in [4.78, 5) is 38.9. The number of fused-ring (bicyclic) bond motifs is 1. The van der Waals surface area contributed by atoms with Gasteiger partial charge in [0.1, 0.15) is 0 Å². The average molecular weight is 492 g/mol. The first kappa shape index (κ1) is 25.9. The minimum absolute atomic E-state index is 0.0605. The number of carboxylic acid groups (broad SMARTS) is 1. The number of aliphatic carboxylic acids is 1. The Morgan fingerprint density at radius 1 is 1.11 bits per heavy atom. The number of nitrogens with zero attached hydrogens (tertiary/aromatic N) is 1. The van der Waals surface area contributed by atoms with Crippen molar-refractivity contribution in [3.8, 4) is 0 Å². The molecule has 1 heterocycles. The highest BCUT2D eigenvalue weighted by Gasteiger charge is 2.39. The number of hydrogen-bond acceptors (Lipinski definition) is 4. The molecule has 4 rings (SSSR count). The molecular weight excluding hydrogens is 454 g/mol. The van der Waals surface area contributed by atoms with Gasteiger partial charge < -0.3 is 21.1 Å². The Hall–Kier alpha value is -3.19. The fourth-order valence-corrected chi connectivity index (χ4v) is 5.64. The van der Waals surface area contributed by atoms with Crippen LogP contribution in [0.3, 0.4) is 0 Å². The molecule has 0 bridgehead atoms. The molecule has 2 aromatic carbocycles. The van der Waals surface area contributed by atoms with Crippen LogP contribution in [0.1, 0.15) is 59.2 Å². The van der Waals surface area contributed by atoms with E-state index in [-0.39, 0.29) is 24.3 Å². The Kier molecular flexibility index (Phi) is 8.75. The Morgan fingerprint density at radius 2 is 1.92 bits per heavy atom. The number of aryl methyl sites for hydroxylation is 2. The molecule has 2 amide bonds. The minimum atomic E-state index is -0.947. The van der Waals surface area contributed by atoms with Crippen molar-refractivity contribution in [2.75, 3.05) is 19.6 Å². The normalized spacial score (nSPS) is 21.3. The van der Waals surface area contributed by atoms with Crippen molar-refractivity contribution in [2.24, 2.45) is 17.6 Å². The van der Waals surface area contributed by atoms with E-state index in [1.807, 2.05) is 41.3 Å². The van der Waals surface area contributed by atoms with Crippen LogP contribution in [-0.2, 0) is 28.9 Å². The predicted octanol–water partition coefficient (Wildman–Crippen LogP) is 3.19. The molecule has 0 aromatic heterocycles. The first-order chi connectivity index (χ1) is 17.4. The monoisotopic (exact) mass is 491 g/mol. The van der Waals surface area contributed by atoms with Crippen LogP contribution >= 0.6 is 0 Å². The van der Waals surface area contributed by atoms with Crippen LogP contribution in [0, 0.1) is 11.8 Å². The zero-order valence-electron chi connectivity index (χ0n) is 20.8. The third kappa shape index (κ3) is 6.52. The third-order valence-electron chi connectivity index (χ3n) is 7.65. The molecule has 1 unspecified atom stereocenters. The third-order valence-corrected chi connectivity index (χ3v) is 7.65. The number of hydrogen-bond donors (Lipinski definition) is 3. The standard InChI is InChI=1S/C29H37N3O4/c30-19-21-8-9-23-16-24(11-10-22(23)15-21)28(35)31-13-12-26-17-25(18-27(33)34)29(36)32(26)14-4-7-20-5-2-1-3-6-20/h1-3,5-6,10-11,16,21,25-26H,4,7-9,12-15,17-19,30H2,(H,31,35)(H,33,34)/t21?,25-,26+/m0/s1. The number of carbonyl (C=O) groups excluding carboxylic acids is 2. The van der Waals surface area contributed by atoms with Gasteiger partial charge in [-0.25, -0.2) is 0 Å². The van der Waals surface area contributed by atoms with Gasteiger partial charge in [0.05, 0.1) is 12.3 Å². The van der Waals surface area contributed by atoms with Gasteiger partial charge in [0.15, 0.2) is 0 Å². The van der Waals surface area contributed by atoms with Crippen LogP contribution in [-0.4, -0.2) is 53.5 Å². The minimum Gasteiger partial charge on any atom is -0.481 e. The van der Waals surface area contributed by atoms with Crippen molar-refractivity contribution in [3.05, 3.63) is 70.8 Å². The van der Waals surface area contributed by atoms with E-state index in [9.17, 15) is 19.5 Å². The summed E-state index contributed by atoms with van der Waals surface area (Å²) in [7, 11) is 0. The number of benzene rings is 2. The Balaban J connectivity index is 1.32. The Morgan fingerprint density at radius 3 is 2.67 bits per heavy atom. The maximum atomic E-state index is 13.0. The van der Waals surface area contributed by atoms with Gasteiger partial charge in [-0.2, -0.15) is 0 Å². The molecule has 2 aromatic rings. The lowest BCUT2D eigenvalue weighted by Crippen LogP contribution is -2.37. The van der Waals surface area contributed by atoms with Crippen molar-refractivity contribution in [1.82, 2.24) is 10.2 Å². The van der Waals surface area contributed by atoms with Gasteiger partial charge in [0.2, 0.25) is 5.91 Å². The molecule has 0 spiro atoms. The van der Waals surface area contributed by atoms with Crippen LogP contribution in [0.15, 0.2) is 48.5 Å². The van der Waals surface area contributed by atoms with Crippen LogP contribution in [0.25, 0.3) is 0 Å². The van der Waals surface area contributed by atoms with Gasteiger partial charge in [0.25, 0.3) is 5.91 Å². The second-order valence-corrected chi connectivity index (χ2v) is 10.2. The highest BCUT2D eigenvalue weighted by Crippen LogP contribution is 2.30. The Bertz CT molecular complexity index is 1070. The smallest absolute Gasteiger partial charge is 0.304 e. The fourth-order valence-electron chi connectivity index (χ4n) is 5.64. The molecule has 0 saturated carbocycles. The summed E-state index contributed by atoms with van der Waals surface area (Å²) in [6.45, 7) is 1.73. The van der Waals surface area contributed by atoms with Gasteiger partial charge in [-0.05, 0) is 86.2 Å². The number of likely N-dealkylation sites (tertiary alicyclic amines) is 1. The second kappa shape index (κ2) is 12.2. The maximum Gasteiger partial charge on any atom is 0.304 e. The number of amides is 2. The average Bonchev–Trinajstić information content (AvgIpc) is 3.17. The van der Waals surface area contributed by atoms with Crippen molar-refractivity contribution in [3.63, 3.8) is 0 Å². The quantitative estimate of drug-likeness (QED) is 0.447. The summed E-state index contributed by atoms with van der Waals surface area (Å²) in [6, 6.07) is 16.0. The van der Waals surface area contributed by atoms with Crippen molar-refractivity contribution in [1.29, 1.82) is 0 Å². The number of nitrogens with one attached hydrogen (secondary N) is 1. The summed E-state index contributed by atoms with van der Waals surface area (Å²) in [5.74, 6) is -1.10. The van der Waals surface area contributed by atoms with E-state index in [1.165, 1.54) is 16.7 Å². The van der Waals surface area contributed by atoms with Crippen molar-refractivity contribution < 1.29 is 19.5 Å². The van der Waals surface area contributed by atoms with E-state index in [2.05, 4.69) is 17.4 Å². The number of carboxylic acids is 1. The summed E-state index contributed by atoms with van der Waals surface area (Å²) < 4.78 is 0. The number of rotatable bonds is 11. The molecule has 0 radical (unpaired) electrons. The molecule has 4 N–H and O–H groups in total. The summed E-state index contributed by atoms with van der Waals surface area (Å²) in [5.41, 5.74) is 10.2. The highest BCUT2D eigenvalue weighted by molar-refractivity contribution is 5.94. The topological polar surface area (TPSA) is 113 Å². The molecule has 192 valence electrons. The lowest BCUT2D eigenvalue weighted by Gasteiger charge is -2.25. The molecular formula is C29H37N3O4. The predicted molar refractivity (Wildman–Crippen MR) is 139 cm³/mol. The highest BCUT2D eigenvalue weighted by atomic mass is 16.4. The summed E-state index contributed by atoms with van der Waals surface area (Å²) in [6.07, 6.45) is 5.65. The molecule has 7 heteroatoms.